The lowest BCUT2D eigenvalue weighted by molar-refractivity contribution is -0.647. The Morgan fingerprint density at radius 3 is 2.76 bits per heavy atom. The summed E-state index contributed by atoms with van der Waals surface area (Å²) in [5.74, 6) is 1.15. The minimum Gasteiger partial charge on any atom is -0.264 e. The van der Waals surface area contributed by atoms with Crippen LogP contribution in [0.2, 0.25) is 0 Å². The molecule has 0 saturated carbocycles. The van der Waals surface area contributed by atoms with Crippen LogP contribution in [0.3, 0.4) is 0 Å². The first kappa shape index (κ1) is 12.8. The Kier molecular flexibility index (Phi) is 2.31. The summed E-state index contributed by atoms with van der Waals surface area (Å²) in [6.07, 6.45) is 9.36. The fraction of sp³-hybridized carbons (Fsp3) is 0.0526. The van der Waals surface area contributed by atoms with Crippen LogP contribution in [0, 0.1) is 0 Å². The quantitative estimate of drug-likeness (QED) is 0.436. The second-order valence-electron chi connectivity index (χ2n) is 6.18. The van der Waals surface area contributed by atoms with Gasteiger partial charge in [0.1, 0.15) is 5.69 Å². The molecule has 6 rings (SSSR count). The van der Waals surface area contributed by atoms with Crippen LogP contribution in [0.15, 0.2) is 67.4 Å². The number of rotatable bonds is 1. The maximum Gasteiger partial charge on any atom is 0.324 e. The molecule has 6 nitrogen and oxygen atoms in total. The van der Waals surface area contributed by atoms with Crippen molar-refractivity contribution < 1.29 is 4.57 Å². The summed E-state index contributed by atoms with van der Waals surface area (Å²) >= 11 is 0. The van der Waals surface area contributed by atoms with Crippen molar-refractivity contribution in [1.29, 1.82) is 0 Å². The summed E-state index contributed by atoms with van der Waals surface area (Å²) in [7, 11) is 0. The van der Waals surface area contributed by atoms with Crippen molar-refractivity contribution in [3.05, 3.63) is 72.9 Å². The average molecular weight is 325 g/mol. The predicted molar refractivity (Wildman–Crippen MR) is 92.3 cm³/mol. The smallest absolute Gasteiger partial charge is 0.264 e. The zero-order valence-electron chi connectivity index (χ0n) is 13.2. The van der Waals surface area contributed by atoms with Gasteiger partial charge in [0.25, 0.3) is 5.65 Å². The average Bonchev–Trinajstić information content (AvgIpc) is 3.30. The Labute approximate surface area is 142 Å². The second kappa shape index (κ2) is 4.51. The molecule has 1 aliphatic heterocycles. The van der Waals surface area contributed by atoms with Crippen molar-refractivity contribution in [1.82, 2.24) is 23.9 Å². The van der Waals surface area contributed by atoms with E-state index in [1.165, 1.54) is 11.1 Å². The van der Waals surface area contributed by atoms with Crippen LogP contribution in [0.1, 0.15) is 5.56 Å². The highest BCUT2D eigenvalue weighted by Crippen LogP contribution is 2.33. The molecule has 1 aliphatic rings. The van der Waals surface area contributed by atoms with E-state index in [1.54, 1.807) is 12.4 Å². The van der Waals surface area contributed by atoms with E-state index in [2.05, 4.69) is 53.8 Å². The first-order valence-corrected chi connectivity index (χ1v) is 8.17. The summed E-state index contributed by atoms with van der Waals surface area (Å²) in [4.78, 5) is 13.3. The highest BCUT2D eigenvalue weighted by Gasteiger charge is 2.36. The predicted octanol–water partition coefficient (Wildman–Crippen LogP) is 2.38. The molecule has 0 bridgehead atoms. The summed E-state index contributed by atoms with van der Waals surface area (Å²) in [6, 6.07) is 12.5. The number of pyridine rings is 1. The molecule has 0 N–H and O–H groups in total. The zero-order valence-corrected chi connectivity index (χ0v) is 13.2. The molecule has 4 aromatic heterocycles. The molecule has 0 spiro atoms. The minimum absolute atomic E-state index is 0.784. The van der Waals surface area contributed by atoms with Crippen LogP contribution in [0.5, 0.6) is 0 Å². The van der Waals surface area contributed by atoms with Gasteiger partial charge < -0.3 is 0 Å². The van der Waals surface area contributed by atoms with Crippen LogP contribution in [-0.4, -0.2) is 23.9 Å². The number of fused-ring (bicyclic) bond motifs is 7. The second-order valence-corrected chi connectivity index (χ2v) is 6.18. The van der Waals surface area contributed by atoms with Crippen molar-refractivity contribution in [2.24, 2.45) is 0 Å². The largest absolute Gasteiger partial charge is 0.324 e. The third kappa shape index (κ3) is 1.58. The molecule has 0 unspecified atom stereocenters. The van der Waals surface area contributed by atoms with Crippen molar-refractivity contribution in [3.63, 3.8) is 0 Å². The topological polar surface area (TPSA) is 51.9 Å². The maximum absolute atomic E-state index is 4.84. The molecule has 1 aromatic carbocycles. The lowest BCUT2D eigenvalue weighted by atomic mass is 10.1. The summed E-state index contributed by atoms with van der Waals surface area (Å²) in [5.41, 5.74) is 6.41. The van der Waals surface area contributed by atoms with Gasteiger partial charge in [-0.25, -0.2) is 9.13 Å². The van der Waals surface area contributed by atoms with E-state index in [0.717, 1.165) is 35.0 Å². The van der Waals surface area contributed by atoms with Gasteiger partial charge in [-0.05, 0) is 18.2 Å². The van der Waals surface area contributed by atoms with E-state index in [0.29, 0.717) is 0 Å². The van der Waals surface area contributed by atoms with Gasteiger partial charge in [0, 0.05) is 30.4 Å². The van der Waals surface area contributed by atoms with Gasteiger partial charge >= 0.3 is 5.65 Å². The molecule has 6 heteroatoms. The normalized spacial score (nSPS) is 12.6. The SMILES string of the molecule is c1ccc(-n2c3[n+](c4nc5cnccn5c42)Cc2cnccc2-3)cc1. The minimum atomic E-state index is 0.784. The standard InChI is InChI=1S/C19H13N6/c1-2-4-14(5-3-1)25-18-15-6-7-20-10-13(15)12-24(18)17-19(25)23-9-8-21-11-16(23)22-17/h1-11H,12H2/q+1. The third-order valence-electron chi connectivity index (χ3n) is 4.81. The molecule has 0 fully saturated rings. The molecule has 0 radical (unpaired) electrons. The van der Waals surface area contributed by atoms with Crippen LogP contribution in [0.4, 0.5) is 0 Å². The van der Waals surface area contributed by atoms with E-state index >= 15 is 0 Å². The van der Waals surface area contributed by atoms with E-state index in [-0.39, 0.29) is 0 Å². The summed E-state index contributed by atoms with van der Waals surface area (Å²) in [6.45, 7) is 0.784. The molecule has 0 amide bonds. The first-order chi connectivity index (χ1) is 12.4. The monoisotopic (exact) mass is 325 g/mol. The van der Waals surface area contributed by atoms with E-state index < -0.39 is 0 Å². The number of hydrogen-bond acceptors (Lipinski definition) is 3. The Balaban J connectivity index is 1.84. The fourth-order valence-electron chi connectivity index (χ4n) is 3.77. The van der Waals surface area contributed by atoms with Gasteiger partial charge in [0.2, 0.25) is 11.5 Å². The third-order valence-corrected chi connectivity index (χ3v) is 4.81. The molecule has 5 aromatic rings. The number of imidazole rings is 2. The number of benzene rings is 1. The van der Waals surface area contributed by atoms with Crippen LogP contribution in [-0.2, 0) is 6.54 Å². The van der Waals surface area contributed by atoms with Gasteiger partial charge in [-0.2, -0.15) is 0 Å². The van der Waals surface area contributed by atoms with Crippen molar-refractivity contribution >= 4 is 16.9 Å². The van der Waals surface area contributed by atoms with Crippen molar-refractivity contribution in [2.45, 2.75) is 6.54 Å². The first-order valence-electron chi connectivity index (χ1n) is 8.17. The zero-order chi connectivity index (χ0) is 16.4. The number of para-hydroxylation sites is 1. The Morgan fingerprint density at radius 2 is 1.84 bits per heavy atom. The van der Waals surface area contributed by atoms with E-state index in [4.69, 9.17) is 4.98 Å². The summed E-state index contributed by atoms with van der Waals surface area (Å²) < 4.78 is 6.64. The van der Waals surface area contributed by atoms with Gasteiger partial charge in [-0.3, -0.25) is 14.4 Å². The van der Waals surface area contributed by atoms with Gasteiger partial charge in [0.05, 0.1) is 18.3 Å². The molecular formula is C19H13N6+. The van der Waals surface area contributed by atoms with Crippen LogP contribution in [0.25, 0.3) is 34.0 Å². The van der Waals surface area contributed by atoms with E-state index in [9.17, 15) is 0 Å². The van der Waals surface area contributed by atoms with Crippen LogP contribution >= 0.6 is 0 Å². The highest BCUT2D eigenvalue weighted by atomic mass is 15.3. The Hall–Kier alpha value is -3.54. The van der Waals surface area contributed by atoms with Crippen LogP contribution < -0.4 is 4.57 Å². The number of nitrogens with zero attached hydrogens (tertiary/aromatic N) is 6. The molecule has 0 aliphatic carbocycles. The van der Waals surface area contributed by atoms with Crippen molar-refractivity contribution in [2.75, 3.05) is 0 Å². The number of aromatic nitrogens is 6. The molecule has 0 saturated heterocycles. The molecule has 118 valence electrons. The Morgan fingerprint density at radius 1 is 0.960 bits per heavy atom. The lowest BCUT2D eigenvalue weighted by Gasteiger charge is -2.04. The molecule has 0 atom stereocenters. The Bertz CT molecular complexity index is 1270. The fourth-order valence-corrected chi connectivity index (χ4v) is 3.77. The van der Waals surface area contributed by atoms with Gasteiger partial charge in [0.15, 0.2) is 0 Å². The van der Waals surface area contributed by atoms with E-state index in [1.807, 2.05) is 24.7 Å². The number of hydrogen-bond donors (Lipinski definition) is 0. The molecule has 5 heterocycles. The lowest BCUT2D eigenvalue weighted by Crippen LogP contribution is -2.31. The van der Waals surface area contributed by atoms with Gasteiger partial charge in [-0.15, -0.1) is 0 Å². The summed E-state index contributed by atoms with van der Waals surface area (Å²) in [5, 5.41) is 0. The highest BCUT2D eigenvalue weighted by molar-refractivity contribution is 5.79. The molecule has 25 heavy (non-hydrogen) atoms. The maximum atomic E-state index is 4.84. The van der Waals surface area contributed by atoms with Crippen molar-refractivity contribution in [3.8, 4) is 17.1 Å². The molecular weight excluding hydrogens is 312 g/mol. The van der Waals surface area contributed by atoms with Gasteiger partial charge in [-0.1, -0.05) is 23.2 Å².